The summed E-state index contributed by atoms with van der Waals surface area (Å²) in [7, 11) is 0. The number of aryl methyl sites for hydroxylation is 1. The van der Waals surface area contributed by atoms with Crippen LogP contribution >= 0.6 is 0 Å². The molecule has 17 heavy (non-hydrogen) atoms. The second kappa shape index (κ2) is 4.59. The molecule has 0 spiro atoms. The Morgan fingerprint density at radius 1 is 1.24 bits per heavy atom. The van der Waals surface area contributed by atoms with Crippen molar-refractivity contribution >= 4 is 0 Å². The van der Waals surface area contributed by atoms with Crippen LogP contribution in [0.1, 0.15) is 22.9 Å². The predicted molar refractivity (Wildman–Crippen MR) is 59.4 cm³/mol. The maximum absolute atomic E-state index is 13.4. The van der Waals surface area contributed by atoms with E-state index in [0.29, 0.717) is 11.1 Å². The molecule has 0 fully saturated rings. The van der Waals surface area contributed by atoms with E-state index in [9.17, 15) is 13.9 Å². The van der Waals surface area contributed by atoms with E-state index in [1.807, 2.05) is 0 Å². The molecule has 2 aromatic rings. The van der Waals surface area contributed by atoms with Gasteiger partial charge < -0.3 is 5.11 Å². The number of nitrogens with zero attached hydrogens (tertiary/aromatic N) is 1. The Bertz CT molecular complexity index is 543. The Morgan fingerprint density at radius 3 is 2.71 bits per heavy atom. The lowest BCUT2D eigenvalue weighted by atomic mass is 10.0. The Labute approximate surface area is 97.6 Å². The van der Waals surface area contributed by atoms with Gasteiger partial charge in [0.15, 0.2) is 0 Å². The molecule has 0 amide bonds. The summed E-state index contributed by atoms with van der Waals surface area (Å²) < 4.78 is 26.5. The molecule has 2 rings (SSSR count). The molecular formula is C13H11F2NO. The lowest BCUT2D eigenvalue weighted by Gasteiger charge is -2.13. The van der Waals surface area contributed by atoms with E-state index in [2.05, 4.69) is 4.98 Å². The van der Waals surface area contributed by atoms with Crippen LogP contribution < -0.4 is 0 Å². The van der Waals surface area contributed by atoms with E-state index in [1.54, 1.807) is 6.92 Å². The molecule has 0 saturated heterocycles. The SMILES string of the molecule is Cc1ccc(F)cc1C(O)c1ncccc1F. The first-order chi connectivity index (χ1) is 8.09. The summed E-state index contributed by atoms with van der Waals surface area (Å²) in [5, 5.41) is 10.0. The van der Waals surface area contributed by atoms with E-state index in [0.717, 1.165) is 0 Å². The maximum Gasteiger partial charge on any atom is 0.147 e. The topological polar surface area (TPSA) is 33.1 Å². The molecule has 1 heterocycles. The number of benzene rings is 1. The standard InChI is InChI=1S/C13H11F2NO/c1-8-4-5-9(14)7-10(8)13(17)12-11(15)3-2-6-16-12/h2-7,13,17H,1H3. The molecule has 1 atom stereocenters. The van der Waals surface area contributed by atoms with Gasteiger partial charge in [0, 0.05) is 6.20 Å². The van der Waals surface area contributed by atoms with Crippen molar-refractivity contribution in [3.8, 4) is 0 Å². The summed E-state index contributed by atoms with van der Waals surface area (Å²) in [6, 6.07) is 6.66. The lowest BCUT2D eigenvalue weighted by Crippen LogP contribution is -2.07. The first-order valence-corrected chi connectivity index (χ1v) is 5.14. The molecule has 1 aromatic carbocycles. The molecule has 1 aromatic heterocycles. The number of aliphatic hydroxyl groups excluding tert-OH is 1. The van der Waals surface area contributed by atoms with Crippen LogP contribution in [0, 0.1) is 18.6 Å². The van der Waals surface area contributed by atoms with Crippen LogP contribution in [0.3, 0.4) is 0 Å². The van der Waals surface area contributed by atoms with Gasteiger partial charge in [-0.15, -0.1) is 0 Å². The third kappa shape index (κ3) is 2.31. The van der Waals surface area contributed by atoms with Crippen LogP contribution in [-0.2, 0) is 0 Å². The van der Waals surface area contributed by atoms with Crippen LogP contribution in [0.25, 0.3) is 0 Å². The molecule has 4 heteroatoms. The molecule has 0 aliphatic carbocycles. The van der Waals surface area contributed by atoms with Gasteiger partial charge in [-0.2, -0.15) is 0 Å². The molecule has 1 N–H and O–H groups in total. The Balaban J connectivity index is 2.47. The Kier molecular flexibility index (Phi) is 3.15. The Hall–Kier alpha value is -1.81. The van der Waals surface area contributed by atoms with Crippen LogP contribution in [0.15, 0.2) is 36.5 Å². The molecule has 0 aliphatic heterocycles. The van der Waals surface area contributed by atoms with E-state index in [1.165, 1.54) is 36.5 Å². The van der Waals surface area contributed by atoms with Gasteiger partial charge in [0.2, 0.25) is 0 Å². The third-order valence-electron chi connectivity index (χ3n) is 2.58. The van der Waals surface area contributed by atoms with Gasteiger partial charge in [-0.3, -0.25) is 4.98 Å². The largest absolute Gasteiger partial charge is 0.382 e. The van der Waals surface area contributed by atoms with Crippen molar-refractivity contribution < 1.29 is 13.9 Å². The van der Waals surface area contributed by atoms with E-state index >= 15 is 0 Å². The quantitative estimate of drug-likeness (QED) is 0.868. The van der Waals surface area contributed by atoms with Crippen LogP contribution in [-0.4, -0.2) is 10.1 Å². The highest BCUT2D eigenvalue weighted by molar-refractivity contribution is 5.33. The summed E-state index contributed by atoms with van der Waals surface area (Å²) in [6.45, 7) is 1.72. The van der Waals surface area contributed by atoms with E-state index < -0.39 is 17.7 Å². The second-order valence-corrected chi connectivity index (χ2v) is 3.77. The zero-order valence-electron chi connectivity index (χ0n) is 9.19. The van der Waals surface area contributed by atoms with Crippen molar-refractivity contribution in [1.82, 2.24) is 4.98 Å². The number of aromatic nitrogens is 1. The summed E-state index contributed by atoms with van der Waals surface area (Å²) in [6.07, 6.45) is 0.128. The molecule has 1 unspecified atom stereocenters. The number of aliphatic hydroxyl groups is 1. The fourth-order valence-electron chi connectivity index (χ4n) is 1.65. The first-order valence-electron chi connectivity index (χ1n) is 5.14. The molecule has 2 nitrogen and oxygen atoms in total. The summed E-state index contributed by atoms with van der Waals surface area (Å²) >= 11 is 0. The molecule has 0 bridgehead atoms. The minimum Gasteiger partial charge on any atom is -0.382 e. The van der Waals surface area contributed by atoms with Gasteiger partial charge in [0.25, 0.3) is 0 Å². The summed E-state index contributed by atoms with van der Waals surface area (Å²) in [5.74, 6) is -1.08. The van der Waals surface area contributed by atoms with Gasteiger partial charge in [0.05, 0.1) is 0 Å². The molecular weight excluding hydrogens is 224 g/mol. The highest BCUT2D eigenvalue weighted by Gasteiger charge is 2.18. The monoisotopic (exact) mass is 235 g/mol. The second-order valence-electron chi connectivity index (χ2n) is 3.77. The van der Waals surface area contributed by atoms with Crippen molar-refractivity contribution in [2.75, 3.05) is 0 Å². The van der Waals surface area contributed by atoms with Gasteiger partial charge in [-0.1, -0.05) is 6.07 Å². The van der Waals surface area contributed by atoms with Gasteiger partial charge in [-0.25, -0.2) is 8.78 Å². The highest BCUT2D eigenvalue weighted by Crippen LogP contribution is 2.25. The number of halogens is 2. The zero-order valence-corrected chi connectivity index (χ0v) is 9.19. The smallest absolute Gasteiger partial charge is 0.147 e. The normalized spacial score (nSPS) is 12.5. The van der Waals surface area contributed by atoms with E-state index in [-0.39, 0.29) is 5.69 Å². The van der Waals surface area contributed by atoms with Crippen LogP contribution in [0.4, 0.5) is 8.78 Å². The van der Waals surface area contributed by atoms with Crippen molar-refractivity contribution in [3.63, 3.8) is 0 Å². The molecule has 0 aliphatic rings. The van der Waals surface area contributed by atoms with Crippen molar-refractivity contribution in [3.05, 3.63) is 65.0 Å². The van der Waals surface area contributed by atoms with Crippen molar-refractivity contribution in [1.29, 1.82) is 0 Å². The predicted octanol–water partition coefficient (Wildman–Crippen LogP) is 2.75. The number of rotatable bonds is 2. The van der Waals surface area contributed by atoms with Crippen LogP contribution in [0.2, 0.25) is 0 Å². The van der Waals surface area contributed by atoms with Gasteiger partial charge >= 0.3 is 0 Å². The first kappa shape index (κ1) is 11.7. The fraction of sp³-hybridized carbons (Fsp3) is 0.154. The fourth-order valence-corrected chi connectivity index (χ4v) is 1.65. The summed E-state index contributed by atoms with van der Waals surface area (Å²) in [4.78, 5) is 3.78. The van der Waals surface area contributed by atoms with Crippen molar-refractivity contribution in [2.45, 2.75) is 13.0 Å². The molecule has 0 saturated carbocycles. The van der Waals surface area contributed by atoms with Crippen LogP contribution in [0.5, 0.6) is 0 Å². The Morgan fingerprint density at radius 2 is 2.00 bits per heavy atom. The maximum atomic E-state index is 13.4. The third-order valence-corrected chi connectivity index (χ3v) is 2.58. The number of pyridine rings is 1. The van der Waals surface area contributed by atoms with Gasteiger partial charge in [-0.05, 0) is 42.3 Å². The highest BCUT2D eigenvalue weighted by atomic mass is 19.1. The minimum absolute atomic E-state index is 0.0961. The number of hydrogen-bond acceptors (Lipinski definition) is 2. The average Bonchev–Trinajstić information content (AvgIpc) is 2.32. The minimum atomic E-state index is -1.26. The molecule has 88 valence electrons. The number of hydrogen-bond donors (Lipinski definition) is 1. The summed E-state index contributed by atoms with van der Waals surface area (Å²) in [5.41, 5.74) is 0.910. The zero-order chi connectivity index (χ0) is 12.4. The lowest BCUT2D eigenvalue weighted by molar-refractivity contribution is 0.208. The van der Waals surface area contributed by atoms with E-state index in [4.69, 9.17) is 0 Å². The average molecular weight is 235 g/mol. The van der Waals surface area contributed by atoms with Gasteiger partial charge in [0.1, 0.15) is 23.4 Å². The molecule has 0 radical (unpaired) electrons. The van der Waals surface area contributed by atoms with Crippen molar-refractivity contribution in [2.24, 2.45) is 0 Å².